The van der Waals surface area contributed by atoms with Gasteiger partial charge in [-0.3, -0.25) is 0 Å². The van der Waals surface area contributed by atoms with Crippen molar-refractivity contribution in [1.82, 2.24) is 0 Å². The largest absolute Gasteiger partial charge is 1.00 e. The quantitative estimate of drug-likeness (QED) is 0.438. The molecule has 0 fully saturated rings. The molecule has 0 heterocycles. The van der Waals surface area contributed by atoms with Gasteiger partial charge in [0.2, 0.25) is 0 Å². The van der Waals surface area contributed by atoms with E-state index in [1.807, 2.05) is 0 Å². The summed E-state index contributed by atoms with van der Waals surface area (Å²) in [5.41, 5.74) is -0.763. The predicted molar refractivity (Wildman–Crippen MR) is 36.0 cm³/mol. The van der Waals surface area contributed by atoms with E-state index in [9.17, 15) is 21.7 Å². The number of hydrogen-bond donors (Lipinski definition) is 0. The molecule has 1 aliphatic carbocycles. The molecule has 0 N–H and O–H groups in total. The molecule has 0 spiro atoms. The summed E-state index contributed by atoms with van der Waals surface area (Å²) >= 11 is 0. The van der Waals surface area contributed by atoms with Crippen LogP contribution in [0.1, 0.15) is 19.3 Å². The first kappa shape index (κ1) is 14.1. The molecule has 0 bridgehead atoms. The van der Waals surface area contributed by atoms with Gasteiger partial charge in [0.1, 0.15) is 0 Å². The van der Waals surface area contributed by atoms with E-state index < -0.39 is 37.6 Å². The molecule has 0 radical (unpaired) electrons. The minimum Gasteiger partial charge on any atom is -0.445 e. The summed E-state index contributed by atoms with van der Waals surface area (Å²) in [5, 5.41) is 0. The van der Waals surface area contributed by atoms with Gasteiger partial charge in [-0.15, -0.1) is 11.5 Å². The van der Waals surface area contributed by atoms with Gasteiger partial charge in [-0.05, 0) is 0 Å². The van der Waals surface area contributed by atoms with Gasteiger partial charge in [-0.1, -0.05) is 6.42 Å². The van der Waals surface area contributed by atoms with Crippen molar-refractivity contribution in [1.29, 1.82) is 0 Å². The van der Waals surface area contributed by atoms with Crippen LogP contribution in [0.4, 0.5) is 21.7 Å². The molecular formula is C6H7BF5K. The van der Waals surface area contributed by atoms with Crippen molar-refractivity contribution in [2.75, 3.05) is 0 Å². The molecule has 0 saturated carbocycles. The number of rotatable bonds is 1. The maximum absolute atomic E-state index is 12.4. The van der Waals surface area contributed by atoms with E-state index in [2.05, 4.69) is 0 Å². The monoisotopic (exact) mass is 224 g/mol. The van der Waals surface area contributed by atoms with Crippen LogP contribution < -0.4 is 51.4 Å². The predicted octanol–water partition coefficient (Wildman–Crippen LogP) is 0.123. The van der Waals surface area contributed by atoms with E-state index >= 15 is 0 Å². The van der Waals surface area contributed by atoms with Gasteiger partial charge in [-0.2, -0.15) is 0 Å². The summed E-state index contributed by atoms with van der Waals surface area (Å²) in [6, 6.07) is 0. The van der Waals surface area contributed by atoms with Gasteiger partial charge < -0.3 is 12.9 Å². The van der Waals surface area contributed by atoms with Gasteiger partial charge in [0.05, 0.1) is 0 Å². The topological polar surface area (TPSA) is 0 Å². The Hall–Kier alpha value is 1.09. The van der Waals surface area contributed by atoms with Crippen molar-refractivity contribution in [2.45, 2.75) is 25.2 Å². The molecule has 0 aromatic carbocycles. The zero-order valence-electron chi connectivity index (χ0n) is 7.17. The van der Waals surface area contributed by atoms with Crippen molar-refractivity contribution in [3.63, 3.8) is 0 Å². The molecule has 70 valence electrons. The minimum atomic E-state index is -5.04. The van der Waals surface area contributed by atoms with Crippen molar-refractivity contribution < 1.29 is 73.1 Å². The second-order valence-electron chi connectivity index (χ2n) is 2.91. The average molecular weight is 224 g/mol. The Balaban J connectivity index is 0.00000144. The molecule has 0 aromatic rings. The SMILES string of the molecule is F[B-](F)(F)C1=CCC(F)(F)CC1.[K+]. The molecule has 0 nitrogen and oxygen atoms in total. The van der Waals surface area contributed by atoms with Crippen LogP contribution in [-0.2, 0) is 0 Å². The van der Waals surface area contributed by atoms with Crippen LogP contribution in [0.15, 0.2) is 11.5 Å². The smallest absolute Gasteiger partial charge is 0.445 e. The summed E-state index contributed by atoms with van der Waals surface area (Å²) in [7, 11) is 0. The van der Waals surface area contributed by atoms with E-state index in [-0.39, 0.29) is 51.4 Å². The number of hydrogen-bond acceptors (Lipinski definition) is 0. The first-order chi connectivity index (χ1) is 5.31. The van der Waals surface area contributed by atoms with Crippen LogP contribution in [0.2, 0.25) is 0 Å². The van der Waals surface area contributed by atoms with Crippen LogP contribution >= 0.6 is 0 Å². The standard InChI is InChI=1S/C6H7BF5.K/c8-6(9)3-1-5(2-4-6)7(10,11)12;/h1H,2-4H2;/q-1;+1. The normalized spacial score (nSPS) is 21.8. The molecule has 0 unspecified atom stereocenters. The molecule has 13 heavy (non-hydrogen) atoms. The molecule has 1 rings (SSSR count). The third-order valence-electron chi connectivity index (χ3n) is 1.86. The molecule has 0 amide bonds. The molecule has 1 aliphatic rings. The van der Waals surface area contributed by atoms with Crippen molar-refractivity contribution in [3.05, 3.63) is 11.5 Å². The fraction of sp³-hybridized carbons (Fsp3) is 0.667. The summed E-state index contributed by atoms with van der Waals surface area (Å²) in [5.74, 6) is -2.94. The Morgan fingerprint density at radius 2 is 1.77 bits per heavy atom. The maximum atomic E-state index is 12.4. The van der Waals surface area contributed by atoms with Crippen LogP contribution in [0, 0.1) is 0 Å². The summed E-state index contributed by atoms with van der Waals surface area (Å²) < 4.78 is 60.5. The Morgan fingerprint density at radius 3 is 2.08 bits per heavy atom. The fourth-order valence-electron chi connectivity index (χ4n) is 1.11. The molecule has 0 aliphatic heterocycles. The molecular weight excluding hydrogens is 217 g/mol. The molecule has 0 atom stereocenters. The number of allylic oxidation sites excluding steroid dienone is 2. The third-order valence-corrected chi connectivity index (χ3v) is 1.86. The van der Waals surface area contributed by atoms with E-state index in [1.54, 1.807) is 0 Å². The Morgan fingerprint density at radius 1 is 1.23 bits per heavy atom. The Kier molecular flexibility index (Phi) is 5.14. The molecule has 0 aromatic heterocycles. The van der Waals surface area contributed by atoms with E-state index in [0.717, 1.165) is 0 Å². The van der Waals surface area contributed by atoms with Crippen molar-refractivity contribution in [2.24, 2.45) is 0 Å². The van der Waals surface area contributed by atoms with Crippen molar-refractivity contribution in [3.8, 4) is 0 Å². The Labute approximate surface area is 115 Å². The number of alkyl halides is 2. The first-order valence-electron chi connectivity index (χ1n) is 3.58. The summed E-state index contributed by atoms with van der Waals surface area (Å²) in [4.78, 5) is 0. The van der Waals surface area contributed by atoms with Gasteiger partial charge in [-0.25, -0.2) is 8.78 Å². The Bertz CT molecular complexity index is 210. The second-order valence-corrected chi connectivity index (χ2v) is 2.91. The van der Waals surface area contributed by atoms with Crippen LogP contribution in [0.5, 0.6) is 0 Å². The van der Waals surface area contributed by atoms with E-state index in [1.165, 1.54) is 0 Å². The maximum Gasteiger partial charge on any atom is 1.00 e. The third kappa shape index (κ3) is 4.42. The average Bonchev–Trinajstić information content (AvgIpc) is 1.83. The summed E-state index contributed by atoms with van der Waals surface area (Å²) in [6.45, 7) is -5.04. The first-order valence-corrected chi connectivity index (χ1v) is 3.58. The number of halogens is 5. The fourth-order valence-corrected chi connectivity index (χ4v) is 1.11. The summed E-state index contributed by atoms with van der Waals surface area (Å²) in [6.07, 6.45) is -1.39. The zero-order chi connectivity index (χ0) is 9.41. The van der Waals surface area contributed by atoms with Crippen LogP contribution in [0.3, 0.4) is 0 Å². The van der Waals surface area contributed by atoms with Crippen LogP contribution in [-0.4, -0.2) is 12.9 Å². The van der Waals surface area contributed by atoms with Crippen molar-refractivity contribution >= 4 is 6.98 Å². The second kappa shape index (κ2) is 4.74. The van der Waals surface area contributed by atoms with Crippen LogP contribution in [0.25, 0.3) is 0 Å². The van der Waals surface area contributed by atoms with Gasteiger partial charge in [0.25, 0.3) is 5.92 Å². The zero-order valence-corrected chi connectivity index (χ0v) is 10.3. The molecule has 7 heteroatoms. The molecule has 0 saturated heterocycles. The van der Waals surface area contributed by atoms with E-state index in [0.29, 0.717) is 6.08 Å². The minimum absolute atomic E-state index is 0. The van der Waals surface area contributed by atoms with Gasteiger partial charge in [0, 0.05) is 12.8 Å². The van der Waals surface area contributed by atoms with E-state index in [4.69, 9.17) is 0 Å². The van der Waals surface area contributed by atoms with Gasteiger partial charge >= 0.3 is 58.4 Å². The van der Waals surface area contributed by atoms with Gasteiger partial charge in [0.15, 0.2) is 0 Å².